The van der Waals surface area contributed by atoms with Crippen LogP contribution in [0, 0.1) is 12.8 Å². The minimum absolute atomic E-state index is 0.0666. The Balaban J connectivity index is 0.000000384. The second kappa shape index (κ2) is 12.7. The van der Waals surface area contributed by atoms with Gasteiger partial charge >= 0.3 is 23.9 Å². The van der Waals surface area contributed by atoms with Gasteiger partial charge in [-0.2, -0.15) is 13.0 Å². The molecule has 1 aromatic heterocycles. The van der Waals surface area contributed by atoms with Gasteiger partial charge in [-0.05, 0) is 58.7 Å². The largest absolute Gasteiger partial charge is 0.481 e. The van der Waals surface area contributed by atoms with Crippen molar-refractivity contribution < 1.29 is 51.6 Å². The van der Waals surface area contributed by atoms with Crippen molar-refractivity contribution in [1.29, 1.82) is 0 Å². The van der Waals surface area contributed by atoms with Crippen LogP contribution in [-0.2, 0) is 37.4 Å². The number of nitrogens with zero attached hydrogens (tertiary/aromatic N) is 1. The molecule has 2 atom stereocenters. The van der Waals surface area contributed by atoms with E-state index in [1.54, 1.807) is 51.2 Å². The topological polar surface area (TPSA) is 180 Å². The average molecular weight is 554 g/mol. The molecule has 1 amide bonds. The van der Waals surface area contributed by atoms with Gasteiger partial charge in [-0.25, -0.2) is 9.59 Å². The lowest BCUT2D eigenvalue weighted by atomic mass is 9.93. The molecule has 0 aliphatic carbocycles. The van der Waals surface area contributed by atoms with E-state index in [1.807, 2.05) is 11.5 Å². The van der Waals surface area contributed by atoms with Crippen molar-refractivity contribution in [1.82, 2.24) is 5.32 Å². The van der Waals surface area contributed by atoms with Crippen LogP contribution in [0.1, 0.15) is 38.3 Å². The first-order valence-corrected chi connectivity index (χ1v) is 13.1. The van der Waals surface area contributed by atoms with E-state index in [0.717, 1.165) is 11.1 Å². The van der Waals surface area contributed by atoms with Crippen molar-refractivity contribution >= 4 is 28.1 Å². The Morgan fingerprint density at radius 2 is 1.71 bits per heavy atom. The molecule has 4 N–H and O–H groups in total. The van der Waals surface area contributed by atoms with Gasteiger partial charge in [-0.3, -0.25) is 9.35 Å². The number of benzene rings is 1. The van der Waals surface area contributed by atoms with E-state index < -0.39 is 45.7 Å². The summed E-state index contributed by atoms with van der Waals surface area (Å²) in [5.74, 6) is -2.72. The summed E-state index contributed by atoms with van der Waals surface area (Å²) in [6.45, 7) is 8.03. The van der Waals surface area contributed by atoms with E-state index in [1.165, 1.54) is 12.1 Å². The summed E-state index contributed by atoms with van der Waals surface area (Å²) in [6.07, 6.45) is 0.775. The van der Waals surface area contributed by atoms with Crippen LogP contribution in [0.15, 0.2) is 47.5 Å². The predicted molar refractivity (Wildman–Crippen MR) is 133 cm³/mol. The Morgan fingerprint density at radius 3 is 2.24 bits per heavy atom. The zero-order valence-electron chi connectivity index (χ0n) is 21.6. The Labute approximate surface area is 221 Å². The number of carbonyl (C=O) groups is 3. The average Bonchev–Trinajstić information content (AvgIpc) is 3.24. The monoisotopic (exact) mass is 553 g/mol. The Morgan fingerprint density at radius 1 is 1.08 bits per heavy atom. The molecule has 208 valence electrons. The minimum atomic E-state index is -4.02. The molecule has 38 heavy (non-hydrogen) atoms. The number of carboxylic acids is 2. The number of ether oxygens (including phenoxy) is 2. The Hall–Kier alpha value is -3.71. The molecule has 1 aromatic carbocycles. The summed E-state index contributed by atoms with van der Waals surface area (Å²) in [5, 5.41) is 21.1. The van der Waals surface area contributed by atoms with Gasteiger partial charge in [0.15, 0.2) is 19.3 Å². The molecule has 1 aliphatic heterocycles. The van der Waals surface area contributed by atoms with Crippen LogP contribution < -0.4 is 14.6 Å². The number of fused-ring (bicyclic) bond motifs is 1. The number of aryl methyl sites for hydroxylation is 1. The highest BCUT2D eigenvalue weighted by Gasteiger charge is 2.31. The summed E-state index contributed by atoms with van der Waals surface area (Å²) in [5.41, 5.74) is 0.915. The highest BCUT2D eigenvalue weighted by atomic mass is 32.2. The second-order valence-corrected chi connectivity index (χ2v) is 11.1. The highest BCUT2D eigenvalue weighted by Crippen LogP contribution is 2.18. The molecule has 0 bridgehead atoms. The zero-order chi connectivity index (χ0) is 28.7. The van der Waals surface area contributed by atoms with Crippen LogP contribution in [0.5, 0.6) is 5.88 Å². The number of hydrogen-bond donors (Lipinski definition) is 4. The lowest BCUT2D eigenvalue weighted by molar-refractivity contribution is -0.680. The van der Waals surface area contributed by atoms with Crippen LogP contribution in [0.25, 0.3) is 0 Å². The number of carbonyl (C=O) groups excluding carboxylic acids is 1. The summed E-state index contributed by atoms with van der Waals surface area (Å²) in [6, 6.07) is 8.13. The van der Waals surface area contributed by atoms with Crippen molar-refractivity contribution in [3.05, 3.63) is 53.7 Å². The molecule has 3 rings (SSSR count). The van der Waals surface area contributed by atoms with Crippen LogP contribution in [0.3, 0.4) is 0 Å². The molecular weight excluding hydrogens is 520 g/mol. The predicted octanol–water partition coefficient (Wildman–Crippen LogP) is 2.22. The molecule has 0 fully saturated rings. The maximum atomic E-state index is 11.8. The summed E-state index contributed by atoms with van der Waals surface area (Å²) >= 11 is 0. The number of carboxylic acid groups (broad SMARTS) is 2. The van der Waals surface area contributed by atoms with E-state index in [2.05, 4.69) is 5.32 Å². The molecule has 0 saturated heterocycles. The fourth-order valence-corrected chi connectivity index (χ4v) is 3.96. The number of rotatable bonds is 8. The smallest absolute Gasteiger partial charge is 0.408 e. The Kier molecular flexibility index (Phi) is 10.2. The van der Waals surface area contributed by atoms with Crippen LogP contribution in [0.4, 0.5) is 4.79 Å². The number of pyridine rings is 1. The van der Waals surface area contributed by atoms with Gasteiger partial charge in [0.2, 0.25) is 0 Å². The number of aromatic nitrogens is 1. The van der Waals surface area contributed by atoms with Crippen LogP contribution in [-0.4, -0.2) is 59.5 Å². The summed E-state index contributed by atoms with van der Waals surface area (Å²) in [7, 11) is -4.02. The normalized spacial score (nSPS) is 14.1. The molecular formula is C25H33N2O10S+. The third kappa shape index (κ3) is 9.98. The maximum Gasteiger partial charge on any atom is 0.408 e. The van der Waals surface area contributed by atoms with Crippen molar-refractivity contribution in [2.75, 3.05) is 6.61 Å². The van der Waals surface area contributed by atoms with E-state index in [-0.39, 0.29) is 17.7 Å². The van der Waals surface area contributed by atoms with E-state index >= 15 is 0 Å². The number of hydrogen-bond acceptors (Lipinski definition) is 7. The van der Waals surface area contributed by atoms with Gasteiger partial charge in [0.25, 0.3) is 10.1 Å². The fraction of sp³-hybridized carbons (Fsp3) is 0.440. The molecule has 0 saturated carbocycles. The van der Waals surface area contributed by atoms with Crippen molar-refractivity contribution in [3.63, 3.8) is 0 Å². The molecule has 12 nitrogen and oxygen atoms in total. The first kappa shape index (κ1) is 30.5. The quantitative estimate of drug-likeness (QED) is 0.280. The van der Waals surface area contributed by atoms with E-state index in [0.29, 0.717) is 19.0 Å². The van der Waals surface area contributed by atoms with Crippen LogP contribution >= 0.6 is 0 Å². The van der Waals surface area contributed by atoms with Crippen molar-refractivity contribution in [2.45, 2.75) is 63.6 Å². The third-order valence-electron chi connectivity index (χ3n) is 5.29. The van der Waals surface area contributed by atoms with E-state index in [4.69, 9.17) is 14.0 Å². The molecule has 2 heterocycles. The standard InChI is InChI=1S/C18H24N2O7.C7H8O3S/c1-18(2,3)27-17(25)19-13(16(23)24)9-12(15(21)22)8-11-4-5-14-20(10-11)6-7-26-14;1-6-2-4-7(5-3-6)11(8,9)10/h4-5,10,12-13H,6-9H2,1-3H3,(H2-,19,21,22,23,24,25);2-5H,1H3,(H,8,9,10)/p+1/t12-,13-;/m0./s1. The first-order valence-electron chi connectivity index (χ1n) is 11.7. The Bertz CT molecular complexity index is 1250. The SMILES string of the molecule is CC(C)(C)OC(=O)N[C@@H](C[C@H](Cc1ccc2[n+](c1)CCO2)C(=O)O)C(=O)O.Cc1ccc(S(=O)(=O)O)cc1. The fourth-order valence-electron chi connectivity index (χ4n) is 3.48. The van der Waals surface area contributed by atoms with Gasteiger partial charge in [-0.15, -0.1) is 0 Å². The van der Waals surface area contributed by atoms with Crippen molar-refractivity contribution in [2.24, 2.45) is 5.92 Å². The number of nitrogens with one attached hydrogen (secondary N) is 1. The highest BCUT2D eigenvalue weighted by molar-refractivity contribution is 7.85. The number of amides is 1. The molecule has 1 aliphatic rings. The van der Waals surface area contributed by atoms with Gasteiger partial charge in [0.1, 0.15) is 11.6 Å². The number of alkyl carbamates (subject to hydrolysis) is 1. The molecule has 0 unspecified atom stereocenters. The third-order valence-corrected chi connectivity index (χ3v) is 6.15. The van der Waals surface area contributed by atoms with Gasteiger partial charge in [0, 0.05) is 5.56 Å². The lowest BCUT2D eigenvalue weighted by Crippen LogP contribution is -2.45. The second-order valence-electron chi connectivity index (χ2n) is 9.72. The number of aliphatic carboxylic acids is 2. The summed E-state index contributed by atoms with van der Waals surface area (Å²) < 4.78 is 41.9. The van der Waals surface area contributed by atoms with Gasteiger partial charge in [0.05, 0.1) is 16.9 Å². The molecule has 0 spiro atoms. The van der Waals surface area contributed by atoms with Gasteiger partial charge in [-0.1, -0.05) is 17.7 Å². The maximum absolute atomic E-state index is 11.8. The zero-order valence-corrected chi connectivity index (χ0v) is 22.4. The minimum Gasteiger partial charge on any atom is -0.481 e. The summed E-state index contributed by atoms with van der Waals surface area (Å²) in [4.78, 5) is 34.9. The van der Waals surface area contributed by atoms with Crippen LogP contribution in [0.2, 0.25) is 0 Å². The van der Waals surface area contributed by atoms with Crippen molar-refractivity contribution in [3.8, 4) is 5.88 Å². The molecule has 2 aromatic rings. The molecule has 13 heteroatoms. The molecule has 0 radical (unpaired) electrons. The van der Waals surface area contributed by atoms with Gasteiger partial charge < -0.3 is 25.0 Å². The lowest BCUT2D eigenvalue weighted by Gasteiger charge is -2.23. The van der Waals surface area contributed by atoms with E-state index in [9.17, 15) is 33.0 Å². The first-order chi connectivity index (χ1) is 17.5.